The number of rotatable bonds is 5. The molecule has 1 nitrogen and oxygen atoms in total. The topological polar surface area (TPSA) is 12.0 Å². The Labute approximate surface area is 103 Å². The van der Waals surface area contributed by atoms with Gasteiger partial charge in [-0.25, -0.2) is 0 Å². The summed E-state index contributed by atoms with van der Waals surface area (Å²) >= 11 is 5.92. The van der Waals surface area contributed by atoms with E-state index in [4.69, 9.17) is 11.6 Å². The molecule has 1 aromatic carbocycles. The van der Waals surface area contributed by atoms with Crippen molar-refractivity contribution < 1.29 is 0 Å². The van der Waals surface area contributed by atoms with Crippen LogP contribution in [0.5, 0.6) is 0 Å². The van der Waals surface area contributed by atoms with E-state index in [1.54, 1.807) is 0 Å². The zero-order valence-electron chi connectivity index (χ0n) is 10.0. The Morgan fingerprint density at radius 1 is 1.31 bits per heavy atom. The van der Waals surface area contributed by atoms with Crippen molar-refractivity contribution in [2.24, 2.45) is 5.92 Å². The van der Waals surface area contributed by atoms with Crippen LogP contribution in [0.1, 0.15) is 44.7 Å². The highest BCUT2D eigenvalue weighted by molar-refractivity contribution is 6.30. The second-order valence-corrected chi connectivity index (χ2v) is 5.28. The van der Waals surface area contributed by atoms with Gasteiger partial charge in [0.1, 0.15) is 0 Å². The van der Waals surface area contributed by atoms with Crippen LogP contribution in [0.4, 0.5) is 0 Å². The van der Waals surface area contributed by atoms with Crippen molar-refractivity contribution in [2.45, 2.75) is 45.2 Å². The van der Waals surface area contributed by atoms with Gasteiger partial charge in [0.25, 0.3) is 0 Å². The maximum atomic E-state index is 5.92. The molecule has 2 atom stereocenters. The zero-order chi connectivity index (χ0) is 11.5. The van der Waals surface area contributed by atoms with E-state index in [1.165, 1.54) is 24.8 Å². The van der Waals surface area contributed by atoms with E-state index < -0.39 is 0 Å². The Morgan fingerprint density at radius 2 is 1.94 bits per heavy atom. The lowest BCUT2D eigenvalue weighted by atomic mass is 10.0. The summed E-state index contributed by atoms with van der Waals surface area (Å²) in [5, 5.41) is 4.54. The molecule has 2 unspecified atom stereocenters. The molecule has 0 amide bonds. The molecule has 1 aliphatic carbocycles. The molecular formula is C14H20ClN. The number of hydrogen-bond acceptors (Lipinski definition) is 1. The van der Waals surface area contributed by atoms with Crippen molar-refractivity contribution in [3.8, 4) is 0 Å². The summed E-state index contributed by atoms with van der Waals surface area (Å²) in [5.41, 5.74) is 1.38. The van der Waals surface area contributed by atoms with Crippen molar-refractivity contribution in [1.82, 2.24) is 5.32 Å². The predicted molar refractivity (Wildman–Crippen MR) is 69.8 cm³/mol. The molecule has 1 fully saturated rings. The summed E-state index contributed by atoms with van der Waals surface area (Å²) in [6.07, 6.45) is 3.89. The van der Waals surface area contributed by atoms with Crippen LogP contribution in [0.15, 0.2) is 24.3 Å². The van der Waals surface area contributed by atoms with E-state index in [0.717, 1.165) is 10.9 Å². The summed E-state index contributed by atoms with van der Waals surface area (Å²) in [6, 6.07) is 9.39. The van der Waals surface area contributed by atoms with Crippen molar-refractivity contribution in [1.29, 1.82) is 0 Å². The van der Waals surface area contributed by atoms with Crippen molar-refractivity contribution >= 4 is 11.6 Å². The first-order chi connectivity index (χ1) is 7.70. The molecule has 0 aromatic heterocycles. The maximum Gasteiger partial charge on any atom is 0.0406 e. The molecule has 0 radical (unpaired) electrons. The predicted octanol–water partition coefficient (Wildman–Crippen LogP) is 4.18. The molecule has 0 aliphatic heterocycles. The van der Waals surface area contributed by atoms with Gasteiger partial charge in [-0.15, -0.1) is 0 Å². The van der Waals surface area contributed by atoms with Gasteiger partial charge in [0, 0.05) is 17.1 Å². The second-order valence-electron chi connectivity index (χ2n) is 4.84. The fourth-order valence-corrected chi connectivity index (χ4v) is 2.15. The van der Waals surface area contributed by atoms with Gasteiger partial charge in [0.2, 0.25) is 0 Å². The van der Waals surface area contributed by atoms with Crippen molar-refractivity contribution in [3.05, 3.63) is 34.9 Å². The number of hydrogen-bond donors (Lipinski definition) is 1. The minimum absolute atomic E-state index is 0.521. The SMILES string of the molecule is CCC(C)NC(c1ccc(Cl)cc1)C1CC1. The van der Waals surface area contributed by atoms with Gasteiger partial charge in [-0.2, -0.15) is 0 Å². The largest absolute Gasteiger partial charge is 0.307 e. The second kappa shape index (κ2) is 5.20. The fourth-order valence-electron chi connectivity index (χ4n) is 2.03. The minimum Gasteiger partial charge on any atom is -0.307 e. The number of halogens is 1. The molecule has 16 heavy (non-hydrogen) atoms. The molecule has 2 rings (SSSR count). The Morgan fingerprint density at radius 3 is 2.44 bits per heavy atom. The average molecular weight is 238 g/mol. The Balaban J connectivity index is 2.09. The monoisotopic (exact) mass is 237 g/mol. The summed E-state index contributed by atoms with van der Waals surface area (Å²) in [5.74, 6) is 0.829. The van der Waals surface area contributed by atoms with Crippen LogP contribution in [0.2, 0.25) is 5.02 Å². The van der Waals surface area contributed by atoms with Crippen molar-refractivity contribution in [2.75, 3.05) is 0 Å². The first-order valence-electron chi connectivity index (χ1n) is 6.22. The standard InChI is InChI=1S/C14H20ClN/c1-3-10(2)16-14(11-4-5-11)12-6-8-13(15)9-7-12/h6-11,14,16H,3-5H2,1-2H3. The smallest absolute Gasteiger partial charge is 0.0406 e. The quantitative estimate of drug-likeness (QED) is 0.810. The molecular weight excluding hydrogens is 218 g/mol. The van der Waals surface area contributed by atoms with E-state index >= 15 is 0 Å². The third-order valence-electron chi connectivity index (χ3n) is 3.40. The van der Waals surface area contributed by atoms with Gasteiger partial charge in [0.05, 0.1) is 0 Å². The fraction of sp³-hybridized carbons (Fsp3) is 0.571. The molecule has 0 spiro atoms. The molecule has 2 heteroatoms. The first-order valence-corrected chi connectivity index (χ1v) is 6.60. The number of nitrogens with one attached hydrogen (secondary N) is 1. The van der Waals surface area contributed by atoms with Crippen LogP contribution in [0.25, 0.3) is 0 Å². The Hall–Kier alpha value is -0.530. The third-order valence-corrected chi connectivity index (χ3v) is 3.65. The lowest BCUT2D eigenvalue weighted by Gasteiger charge is -2.23. The van der Waals surface area contributed by atoms with Crippen molar-refractivity contribution in [3.63, 3.8) is 0 Å². The van der Waals surface area contributed by atoms with Gasteiger partial charge >= 0.3 is 0 Å². The van der Waals surface area contributed by atoms with Crippen LogP contribution < -0.4 is 5.32 Å². The maximum absolute atomic E-state index is 5.92. The van der Waals surface area contributed by atoms with E-state index in [9.17, 15) is 0 Å². The van der Waals surface area contributed by atoms with E-state index in [-0.39, 0.29) is 0 Å². The molecule has 0 saturated heterocycles. The molecule has 1 aliphatic rings. The van der Waals surface area contributed by atoms with Crippen LogP contribution in [0.3, 0.4) is 0 Å². The Bertz CT molecular complexity index is 329. The molecule has 1 N–H and O–H groups in total. The highest BCUT2D eigenvalue weighted by atomic mass is 35.5. The molecule has 1 aromatic rings. The van der Waals surface area contributed by atoms with Gasteiger partial charge < -0.3 is 5.32 Å². The zero-order valence-corrected chi connectivity index (χ0v) is 10.8. The van der Waals surface area contributed by atoms with E-state index in [0.29, 0.717) is 12.1 Å². The summed E-state index contributed by atoms with van der Waals surface area (Å²) in [6.45, 7) is 4.48. The minimum atomic E-state index is 0.521. The number of benzene rings is 1. The van der Waals surface area contributed by atoms with Gasteiger partial charge in [-0.05, 0) is 49.8 Å². The molecule has 0 bridgehead atoms. The average Bonchev–Trinajstić information content (AvgIpc) is 3.11. The van der Waals surface area contributed by atoms with Crippen LogP contribution in [0, 0.1) is 5.92 Å². The molecule has 0 heterocycles. The van der Waals surface area contributed by atoms with E-state index in [2.05, 4.69) is 31.3 Å². The summed E-state index contributed by atoms with van der Waals surface area (Å²) < 4.78 is 0. The van der Waals surface area contributed by atoms with Gasteiger partial charge in [-0.1, -0.05) is 30.7 Å². The highest BCUT2D eigenvalue weighted by Gasteiger charge is 2.32. The lowest BCUT2D eigenvalue weighted by Crippen LogP contribution is -2.31. The first kappa shape index (κ1) is 11.9. The molecule has 1 saturated carbocycles. The van der Waals surface area contributed by atoms with Crippen LogP contribution >= 0.6 is 11.6 Å². The normalized spacial score (nSPS) is 19.4. The lowest BCUT2D eigenvalue weighted by molar-refractivity contribution is 0.412. The highest BCUT2D eigenvalue weighted by Crippen LogP contribution is 2.41. The van der Waals surface area contributed by atoms with Gasteiger partial charge in [0.15, 0.2) is 0 Å². The Kier molecular flexibility index (Phi) is 3.88. The van der Waals surface area contributed by atoms with Crippen LogP contribution in [-0.4, -0.2) is 6.04 Å². The van der Waals surface area contributed by atoms with E-state index in [1.807, 2.05) is 12.1 Å². The van der Waals surface area contributed by atoms with Gasteiger partial charge in [-0.3, -0.25) is 0 Å². The van der Waals surface area contributed by atoms with Crippen LogP contribution in [-0.2, 0) is 0 Å². The third kappa shape index (κ3) is 2.99. The molecule has 88 valence electrons. The summed E-state index contributed by atoms with van der Waals surface area (Å²) in [7, 11) is 0. The summed E-state index contributed by atoms with van der Waals surface area (Å²) in [4.78, 5) is 0.